The molecule has 3 aromatic carbocycles. The number of hydrogen-bond acceptors (Lipinski definition) is 3. The first kappa shape index (κ1) is 18.9. The number of nitrogens with zero attached hydrogens (tertiary/aromatic N) is 1. The minimum absolute atomic E-state index is 0.0788. The molecular formula is C24H20FNO3. The molecule has 29 heavy (non-hydrogen) atoms. The number of amides is 1. The highest BCUT2D eigenvalue weighted by atomic mass is 19.1. The van der Waals surface area contributed by atoms with Crippen LogP contribution in [-0.2, 0) is 9.59 Å². The minimum Gasteiger partial charge on any atom is -0.507 e. The van der Waals surface area contributed by atoms with Gasteiger partial charge in [-0.05, 0) is 23.3 Å². The van der Waals surface area contributed by atoms with Gasteiger partial charge in [-0.15, -0.1) is 0 Å². The quantitative estimate of drug-likeness (QED) is 0.396. The molecule has 0 aromatic heterocycles. The van der Waals surface area contributed by atoms with E-state index in [0.717, 1.165) is 10.8 Å². The minimum atomic E-state index is -0.963. The van der Waals surface area contributed by atoms with Gasteiger partial charge in [0.1, 0.15) is 11.6 Å². The first-order chi connectivity index (χ1) is 14.0. The van der Waals surface area contributed by atoms with E-state index in [1.54, 1.807) is 30.3 Å². The summed E-state index contributed by atoms with van der Waals surface area (Å²) in [4.78, 5) is 27.0. The van der Waals surface area contributed by atoms with Crippen LogP contribution in [0.2, 0.25) is 0 Å². The number of ketones is 1. The van der Waals surface area contributed by atoms with Crippen molar-refractivity contribution < 1.29 is 19.1 Å². The molecule has 146 valence electrons. The Morgan fingerprint density at radius 2 is 1.69 bits per heavy atom. The Kier molecular flexibility index (Phi) is 4.89. The zero-order valence-corrected chi connectivity index (χ0v) is 15.9. The van der Waals surface area contributed by atoms with Crippen LogP contribution in [0.4, 0.5) is 4.39 Å². The van der Waals surface area contributed by atoms with Gasteiger partial charge in [0.2, 0.25) is 0 Å². The number of aliphatic hydroxyl groups is 1. The molecule has 1 fully saturated rings. The van der Waals surface area contributed by atoms with Gasteiger partial charge in [0.15, 0.2) is 0 Å². The summed E-state index contributed by atoms with van der Waals surface area (Å²) in [6.45, 7) is 2.17. The molecule has 4 nitrogen and oxygen atoms in total. The molecule has 0 radical (unpaired) electrons. The molecule has 1 saturated heterocycles. The Labute approximate surface area is 167 Å². The van der Waals surface area contributed by atoms with Gasteiger partial charge in [0.25, 0.3) is 11.7 Å². The number of Topliss-reactive ketones (excluding diaryl/α,β-unsaturated/α-hetero) is 1. The summed E-state index contributed by atoms with van der Waals surface area (Å²) >= 11 is 0. The maximum absolute atomic E-state index is 14.6. The van der Waals surface area contributed by atoms with Crippen LogP contribution in [0, 0.1) is 5.82 Å². The lowest BCUT2D eigenvalue weighted by Crippen LogP contribution is -2.30. The van der Waals surface area contributed by atoms with Gasteiger partial charge in [-0.1, -0.05) is 67.6 Å². The van der Waals surface area contributed by atoms with E-state index in [9.17, 15) is 19.1 Å². The lowest BCUT2D eigenvalue weighted by Gasteiger charge is -2.25. The summed E-state index contributed by atoms with van der Waals surface area (Å²) in [5, 5.41) is 12.8. The summed E-state index contributed by atoms with van der Waals surface area (Å²) in [5.41, 5.74) is 0.561. The largest absolute Gasteiger partial charge is 0.507 e. The molecule has 0 bridgehead atoms. The summed E-state index contributed by atoms with van der Waals surface area (Å²) in [7, 11) is 0. The number of carbonyl (C=O) groups is 2. The molecule has 1 heterocycles. The first-order valence-electron chi connectivity index (χ1n) is 9.55. The van der Waals surface area contributed by atoms with Crippen LogP contribution in [0.5, 0.6) is 0 Å². The van der Waals surface area contributed by atoms with E-state index >= 15 is 0 Å². The van der Waals surface area contributed by atoms with Crippen molar-refractivity contribution in [2.45, 2.75) is 19.4 Å². The van der Waals surface area contributed by atoms with Crippen LogP contribution in [0.3, 0.4) is 0 Å². The maximum atomic E-state index is 14.6. The number of halogens is 1. The lowest BCUT2D eigenvalue weighted by atomic mass is 9.93. The van der Waals surface area contributed by atoms with Crippen LogP contribution in [-0.4, -0.2) is 28.2 Å². The van der Waals surface area contributed by atoms with Gasteiger partial charge < -0.3 is 10.0 Å². The Balaban J connectivity index is 1.99. The van der Waals surface area contributed by atoms with E-state index < -0.39 is 23.5 Å². The Bertz CT molecular complexity index is 1150. The van der Waals surface area contributed by atoms with Gasteiger partial charge in [-0.2, -0.15) is 0 Å². The summed E-state index contributed by atoms with van der Waals surface area (Å²) < 4.78 is 14.6. The van der Waals surface area contributed by atoms with Crippen LogP contribution < -0.4 is 0 Å². The highest BCUT2D eigenvalue weighted by Crippen LogP contribution is 2.41. The topological polar surface area (TPSA) is 57.6 Å². The van der Waals surface area contributed by atoms with Crippen molar-refractivity contribution in [2.24, 2.45) is 0 Å². The summed E-state index contributed by atoms with van der Waals surface area (Å²) in [5.74, 6) is -2.32. The maximum Gasteiger partial charge on any atom is 0.295 e. The summed E-state index contributed by atoms with van der Waals surface area (Å²) in [6, 6.07) is 17.9. The zero-order valence-electron chi connectivity index (χ0n) is 15.9. The third-order valence-electron chi connectivity index (χ3n) is 5.25. The average Bonchev–Trinajstić information content (AvgIpc) is 2.98. The molecule has 0 saturated carbocycles. The van der Waals surface area contributed by atoms with Crippen molar-refractivity contribution in [3.8, 4) is 0 Å². The van der Waals surface area contributed by atoms with Gasteiger partial charge in [0.05, 0.1) is 11.6 Å². The number of fused-ring (bicyclic) bond motifs is 1. The highest BCUT2D eigenvalue weighted by molar-refractivity contribution is 6.46. The van der Waals surface area contributed by atoms with Crippen LogP contribution in [0.25, 0.3) is 16.5 Å². The van der Waals surface area contributed by atoms with Crippen molar-refractivity contribution in [2.75, 3.05) is 6.54 Å². The van der Waals surface area contributed by atoms with E-state index in [-0.39, 0.29) is 23.4 Å². The molecule has 1 aliphatic rings. The molecule has 4 rings (SSSR count). The molecule has 0 spiro atoms. The number of benzene rings is 3. The third-order valence-corrected chi connectivity index (χ3v) is 5.25. The molecule has 1 atom stereocenters. The van der Waals surface area contributed by atoms with E-state index in [1.807, 2.05) is 37.3 Å². The Morgan fingerprint density at radius 1 is 1.00 bits per heavy atom. The number of hydrogen-bond donors (Lipinski definition) is 1. The normalized spacial score (nSPS) is 18.6. The Morgan fingerprint density at radius 3 is 2.45 bits per heavy atom. The second kappa shape index (κ2) is 7.51. The standard InChI is InChI=1S/C24H20FNO3/c1-2-14-26-21(18-11-5-6-13-19(18)25)20(23(28)24(26)29)22(27)17-12-7-9-15-8-3-4-10-16(15)17/h3-13,21,27H,2,14H2,1H3/b22-20+. The second-order valence-electron chi connectivity index (χ2n) is 7.04. The van der Waals surface area contributed by atoms with Crippen LogP contribution >= 0.6 is 0 Å². The monoisotopic (exact) mass is 389 g/mol. The number of aliphatic hydroxyl groups excluding tert-OH is 1. The smallest absolute Gasteiger partial charge is 0.295 e. The van der Waals surface area contributed by atoms with Gasteiger partial charge >= 0.3 is 0 Å². The van der Waals surface area contributed by atoms with Crippen molar-refractivity contribution in [1.29, 1.82) is 0 Å². The SMILES string of the molecule is CCCN1C(=O)C(=O)/C(=C(/O)c2cccc3ccccc23)C1c1ccccc1F. The molecule has 0 aliphatic carbocycles. The van der Waals surface area contributed by atoms with Crippen molar-refractivity contribution in [3.63, 3.8) is 0 Å². The molecule has 1 unspecified atom stereocenters. The van der Waals surface area contributed by atoms with Crippen LogP contribution in [0.15, 0.2) is 72.3 Å². The van der Waals surface area contributed by atoms with Gasteiger partial charge in [-0.25, -0.2) is 4.39 Å². The van der Waals surface area contributed by atoms with Crippen molar-refractivity contribution in [3.05, 3.63) is 89.2 Å². The van der Waals surface area contributed by atoms with E-state index in [4.69, 9.17) is 0 Å². The number of carbonyl (C=O) groups excluding carboxylic acids is 2. The fourth-order valence-electron chi connectivity index (χ4n) is 3.95. The molecule has 1 aliphatic heterocycles. The second-order valence-corrected chi connectivity index (χ2v) is 7.04. The van der Waals surface area contributed by atoms with Crippen molar-refractivity contribution >= 4 is 28.2 Å². The van der Waals surface area contributed by atoms with Crippen molar-refractivity contribution in [1.82, 2.24) is 4.90 Å². The fraction of sp³-hybridized carbons (Fsp3) is 0.167. The predicted molar refractivity (Wildman–Crippen MR) is 110 cm³/mol. The predicted octanol–water partition coefficient (Wildman–Crippen LogP) is 4.81. The molecule has 1 amide bonds. The van der Waals surface area contributed by atoms with E-state index in [2.05, 4.69) is 0 Å². The zero-order chi connectivity index (χ0) is 20.5. The molecule has 1 N–H and O–H groups in total. The fourth-order valence-corrected chi connectivity index (χ4v) is 3.95. The van der Waals surface area contributed by atoms with E-state index in [0.29, 0.717) is 12.0 Å². The lowest BCUT2D eigenvalue weighted by molar-refractivity contribution is -0.139. The number of rotatable bonds is 4. The molecule has 5 heteroatoms. The highest BCUT2D eigenvalue weighted by Gasteiger charge is 2.46. The third kappa shape index (κ3) is 3.09. The molecule has 3 aromatic rings. The average molecular weight is 389 g/mol. The van der Waals surface area contributed by atoms with Gasteiger partial charge in [0, 0.05) is 17.7 Å². The van der Waals surface area contributed by atoms with Gasteiger partial charge in [-0.3, -0.25) is 9.59 Å². The van der Waals surface area contributed by atoms with Crippen LogP contribution in [0.1, 0.15) is 30.5 Å². The first-order valence-corrected chi connectivity index (χ1v) is 9.55. The van der Waals surface area contributed by atoms with E-state index in [1.165, 1.54) is 11.0 Å². The molecular weight excluding hydrogens is 369 g/mol. The Hall–Kier alpha value is -3.47. The summed E-state index contributed by atoms with van der Waals surface area (Å²) in [6.07, 6.45) is 0.603. The number of likely N-dealkylation sites (tertiary alicyclic amines) is 1.